The van der Waals surface area contributed by atoms with E-state index in [1.54, 1.807) is 17.0 Å². The zero-order chi connectivity index (χ0) is 16.3. The van der Waals surface area contributed by atoms with Gasteiger partial charge in [0.2, 0.25) is 0 Å². The van der Waals surface area contributed by atoms with E-state index in [9.17, 15) is 9.18 Å². The summed E-state index contributed by atoms with van der Waals surface area (Å²) in [6.45, 7) is 1.17. The lowest BCUT2D eigenvalue weighted by Gasteiger charge is -2.55. The molecule has 5 aliphatic rings. The van der Waals surface area contributed by atoms with Crippen molar-refractivity contribution in [3.8, 4) is 0 Å². The average Bonchev–Trinajstić information content (AvgIpc) is 2.52. The SMILES string of the molecule is O=C(OC12CC3CC(CC(C3)C1)C2)N1CCc2cc(F)ccc2C1. The predicted molar refractivity (Wildman–Crippen MR) is 87.9 cm³/mol. The van der Waals surface area contributed by atoms with Gasteiger partial charge in [0, 0.05) is 13.1 Å². The van der Waals surface area contributed by atoms with E-state index in [0.29, 0.717) is 19.5 Å². The lowest BCUT2D eigenvalue weighted by Crippen LogP contribution is -2.54. The molecule has 0 N–H and O–H groups in total. The van der Waals surface area contributed by atoms with E-state index in [0.717, 1.165) is 48.1 Å². The molecule has 6 rings (SSSR count). The minimum absolute atomic E-state index is 0.160. The Hall–Kier alpha value is -1.58. The molecule has 1 aromatic carbocycles. The van der Waals surface area contributed by atoms with Crippen molar-refractivity contribution in [3.63, 3.8) is 0 Å². The Kier molecular flexibility index (Phi) is 3.20. The van der Waals surface area contributed by atoms with Crippen molar-refractivity contribution >= 4 is 6.09 Å². The fourth-order valence-corrected chi connectivity index (χ4v) is 6.08. The van der Waals surface area contributed by atoms with E-state index >= 15 is 0 Å². The molecule has 1 aliphatic heterocycles. The van der Waals surface area contributed by atoms with Crippen LogP contribution in [0.2, 0.25) is 0 Å². The molecule has 0 spiro atoms. The van der Waals surface area contributed by atoms with Crippen LogP contribution in [0.1, 0.15) is 49.7 Å². The Morgan fingerprint density at radius 2 is 1.75 bits per heavy atom. The van der Waals surface area contributed by atoms with Crippen molar-refractivity contribution in [2.45, 2.75) is 57.1 Å². The summed E-state index contributed by atoms with van der Waals surface area (Å²) in [4.78, 5) is 14.6. The molecule has 4 heteroatoms. The quantitative estimate of drug-likeness (QED) is 0.769. The number of hydrogen-bond donors (Lipinski definition) is 0. The number of amides is 1. The summed E-state index contributed by atoms with van der Waals surface area (Å²) in [5, 5.41) is 0. The van der Waals surface area contributed by atoms with Crippen LogP contribution in [0.25, 0.3) is 0 Å². The minimum atomic E-state index is -0.196. The molecule has 0 saturated heterocycles. The number of halogens is 1. The Morgan fingerprint density at radius 1 is 1.08 bits per heavy atom. The number of carbonyl (C=O) groups is 1. The van der Waals surface area contributed by atoms with Crippen LogP contribution in [0, 0.1) is 23.6 Å². The van der Waals surface area contributed by atoms with Gasteiger partial charge in [-0.15, -0.1) is 0 Å². The van der Waals surface area contributed by atoms with Crippen molar-refractivity contribution in [3.05, 3.63) is 35.1 Å². The van der Waals surface area contributed by atoms with Crippen molar-refractivity contribution in [1.29, 1.82) is 0 Å². The van der Waals surface area contributed by atoms with Gasteiger partial charge in [0.15, 0.2) is 0 Å². The van der Waals surface area contributed by atoms with Gasteiger partial charge in [-0.2, -0.15) is 0 Å². The third-order valence-corrected chi connectivity index (χ3v) is 6.72. The monoisotopic (exact) mass is 329 g/mol. The summed E-state index contributed by atoms with van der Waals surface area (Å²) in [5.74, 6) is 2.12. The van der Waals surface area contributed by atoms with Crippen LogP contribution in [0.15, 0.2) is 18.2 Å². The van der Waals surface area contributed by atoms with E-state index < -0.39 is 0 Å². The van der Waals surface area contributed by atoms with Gasteiger partial charge in [-0.1, -0.05) is 6.07 Å². The van der Waals surface area contributed by atoms with Crippen molar-refractivity contribution in [2.24, 2.45) is 17.8 Å². The summed E-state index contributed by atoms with van der Waals surface area (Å²) in [6, 6.07) is 4.87. The molecule has 1 aromatic rings. The molecule has 4 aliphatic carbocycles. The molecule has 4 fully saturated rings. The molecule has 24 heavy (non-hydrogen) atoms. The smallest absolute Gasteiger partial charge is 0.410 e. The van der Waals surface area contributed by atoms with Gasteiger partial charge in [-0.05, 0) is 86.0 Å². The lowest BCUT2D eigenvalue weighted by molar-refractivity contribution is -0.134. The number of benzene rings is 1. The van der Waals surface area contributed by atoms with Crippen LogP contribution in [0.3, 0.4) is 0 Å². The highest BCUT2D eigenvalue weighted by atomic mass is 19.1. The van der Waals surface area contributed by atoms with Crippen LogP contribution in [-0.2, 0) is 17.7 Å². The van der Waals surface area contributed by atoms with Crippen molar-refractivity contribution in [2.75, 3.05) is 6.54 Å². The maximum absolute atomic E-state index is 13.3. The number of ether oxygens (including phenoxy) is 1. The Bertz CT molecular complexity index is 651. The number of nitrogens with zero attached hydrogens (tertiary/aromatic N) is 1. The first-order valence-corrected chi connectivity index (χ1v) is 9.34. The zero-order valence-corrected chi connectivity index (χ0v) is 14.0. The molecule has 0 atom stereocenters. The number of carbonyl (C=O) groups excluding carboxylic acids is 1. The van der Waals surface area contributed by atoms with Crippen LogP contribution in [0.4, 0.5) is 9.18 Å². The summed E-state index contributed by atoms with van der Waals surface area (Å²) in [7, 11) is 0. The molecule has 128 valence electrons. The van der Waals surface area contributed by atoms with E-state index in [1.807, 2.05) is 0 Å². The van der Waals surface area contributed by atoms with Crippen LogP contribution >= 0.6 is 0 Å². The standard InChI is InChI=1S/C20H24FNO2/c21-18-2-1-17-12-22(4-3-16(17)8-18)19(23)24-20-9-13-5-14(10-20)7-15(6-13)11-20/h1-2,8,13-15H,3-7,9-12H2. The first-order valence-electron chi connectivity index (χ1n) is 9.34. The van der Waals surface area contributed by atoms with Gasteiger partial charge in [-0.25, -0.2) is 9.18 Å². The molecule has 1 amide bonds. The number of fused-ring (bicyclic) bond motifs is 1. The third kappa shape index (κ3) is 2.42. The molecule has 1 heterocycles. The van der Waals surface area contributed by atoms with E-state index in [1.165, 1.54) is 25.3 Å². The zero-order valence-electron chi connectivity index (χ0n) is 14.0. The molecule has 0 radical (unpaired) electrons. The van der Waals surface area contributed by atoms with E-state index in [-0.39, 0.29) is 17.5 Å². The second kappa shape index (κ2) is 5.21. The van der Waals surface area contributed by atoms with Crippen molar-refractivity contribution < 1.29 is 13.9 Å². The highest BCUT2D eigenvalue weighted by molar-refractivity contribution is 5.69. The predicted octanol–water partition coefficient (Wildman–Crippen LogP) is 4.29. The summed E-state index contributed by atoms with van der Waals surface area (Å²) >= 11 is 0. The molecule has 0 aromatic heterocycles. The summed E-state index contributed by atoms with van der Waals surface area (Å²) in [6.07, 6.45) is 7.80. The maximum Gasteiger partial charge on any atom is 0.410 e. The van der Waals surface area contributed by atoms with E-state index in [4.69, 9.17) is 4.74 Å². The highest BCUT2D eigenvalue weighted by Crippen LogP contribution is 2.57. The second-order valence-corrected chi connectivity index (χ2v) is 8.55. The first kappa shape index (κ1) is 14.7. The molecular weight excluding hydrogens is 305 g/mol. The number of hydrogen-bond acceptors (Lipinski definition) is 2. The topological polar surface area (TPSA) is 29.5 Å². The molecular formula is C20H24FNO2. The van der Waals surface area contributed by atoms with Crippen molar-refractivity contribution in [1.82, 2.24) is 4.90 Å². The maximum atomic E-state index is 13.3. The fourth-order valence-electron chi connectivity index (χ4n) is 6.08. The lowest BCUT2D eigenvalue weighted by atomic mass is 9.54. The second-order valence-electron chi connectivity index (χ2n) is 8.55. The average molecular weight is 329 g/mol. The molecule has 3 nitrogen and oxygen atoms in total. The van der Waals surface area contributed by atoms with Crippen LogP contribution < -0.4 is 0 Å². The van der Waals surface area contributed by atoms with Crippen LogP contribution in [-0.4, -0.2) is 23.1 Å². The van der Waals surface area contributed by atoms with Gasteiger partial charge >= 0.3 is 6.09 Å². The molecule has 4 bridgehead atoms. The Morgan fingerprint density at radius 3 is 2.42 bits per heavy atom. The molecule has 4 saturated carbocycles. The van der Waals surface area contributed by atoms with Gasteiger partial charge in [-0.3, -0.25) is 0 Å². The van der Waals surface area contributed by atoms with Gasteiger partial charge in [0.05, 0.1) is 0 Å². The Labute approximate surface area is 142 Å². The Balaban J connectivity index is 1.30. The summed E-state index contributed by atoms with van der Waals surface area (Å²) < 4.78 is 19.5. The third-order valence-electron chi connectivity index (χ3n) is 6.72. The van der Waals surface area contributed by atoms with Gasteiger partial charge < -0.3 is 9.64 Å². The number of rotatable bonds is 1. The fraction of sp³-hybridized carbons (Fsp3) is 0.650. The highest BCUT2D eigenvalue weighted by Gasteiger charge is 2.53. The normalized spacial score (nSPS) is 36.5. The largest absolute Gasteiger partial charge is 0.443 e. The van der Waals surface area contributed by atoms with Gasteiger partial charge in [0.1, 0.15) is 11.4 Å². The van der Waals surface area contributed by atoms with E-state index in [2.05, 4.69) is 0 Å². The molecule has 0 unspecified atom stereocenters. The summed E-state index contributed by atoms with van der Waals surface area (Å²) in [5.41, 5.74) is 1.88. The minimum Gasteiger partial charge on any atom is -0.443 e. The van der Waals surface area contributed by atoms with Crippen LogP contribution in [0.5, 0.6) is 0 Å². The first-order chi connectivity index (χ1) is 11.6. The van der Waals surface area contributed by atoms with Gasteiger partial charge in [0.25, 0.3) is 0 Å².